The Balaban J connectivity index is 1.75. The molecule has 0 spiro atoms. The standard InChI is InChI=1S/C22H22N2O5/c1-29-15-12-10-14(11-13-15)23-21(26)18-8-4-5-9-19(18)24-20(25)16-6-2-3-7-17(16)22(27)28/h2-5,8-13,16-17H,6-7H2,1H3,(H,23,26)(H,24,25)(H,27,28)/t16-,17-/m0/s1. The van der Waals surface area contributed by atoms with Crippen molar-refractivity contribution in [1.82, 2.24) is 0 Å². The number of para-hydroxylation sites is 1. The van der Waals surface area contributed by atoms with E-state index in [9.17, 15) is 19.5 Å². The van der Waals surface area contributed by atoms with Gasteiger partial charge in [-0.3, -0.25) is 14.4 Å². The SMILES string of the molecule is COc1ccc(NC(=O)c2ccccc2NC(=O)[C@H]2CC=CC[C@@H]2C(=O)O)cc1. The van der Waals surface area contributed by atoms with Gasteiger partial charge in [-0.15, -0.1) is 0 Å². The van der Waals surface area contributed by atoms with Crippen molar-refractivity contribution in [3.63, 3.8) is 0 Å². The van der Waals surface area contributed by atoms with Crippen molar-refractivity contribution in [2.45, 2.75) is 12.8 Å². The van der Waals surface area contributed by atoms with Crippen LogP contribution in [0.25, 0.3) is 0 Å². The molecule has 7 heteroatoms. The summed E-state index contributed by atoms with van der Waals surface area (Å²) in [7, 11) is 1.56. The minimum atomic E-state index is -1.000. The number of rotatable bonds is 6. The van der Waals surface area contributed by atoms with Crippen LogP contribution in [0.5, 0.6) is 5.75 Å². The van der Waals surface area contributed by atoms with Crippen molar-refractivity contribution >= 4 is 29.2 Å². The molecule has 2 aromatic rings. The number of hydrogen-bond donors (Lipinski definition) is 3. The van der Waals surface area contributed by atoms with E-state index in [1.807, 2.05) is 6.08 Å². The van der Waals surface area contributed by atoms with Gasteiger partial charge in [-0.1, -0.05) is 24.3 Å². The van der Waals surface area contributed by atoms with E-state index in [0.29, 0.717) is 30.0 Å². The number of hydrogen-bond acceptors (Lipinski definition) is 4. The summed E-state index contributed by atoms with van der Waals surface area (Å²) < 4.78 is 5.10. The van der Waals surface area contributed by atoms with Gasteiger partial charge in [-0.05, 0) is 49.2 Å². The summed E-state index contributed by atoms with van der Waals surface area (Å²) in [6.45, 7) is 0. The van der Waals surface area contributed by atoms with E-state index >= 15 is 0 Å². The number of aliphatic carboxylic acids is 1. The lowest BCUT2D eigenvalue weighted by atomic mass is 9.82. The number of ether oxygens (including phenoxy) is 1. The molecule has 3 N–H and O–H groups in total. The number of nitrogens with one attached hydrogen (secondary N) is 2. The fourth-order valence-electron chi connectivity index (χ4n) is 3.27. The third-order valence-electron chi connectivity index (χ3n) is 4.86. The largest absolute Gasteiger partial charge is 0.497 e. The molecular weight excluding hydrogens is 372 g/mol. The number of methoxy groups -OCH3 is 1. The third kappa shape index (κ3) is 4.82. The minimum absolute atomic E-state index is 0.287. The van der Waals surface area contributed by atoms with Crippen LogP contribution in [-0.4, -0.2) is 30.0 Å². The molecule has 0 fully saturated rings. The van der Waals surface area contributed by atoms with Crippen molar-refractivity contribution in [2.75, 3.05) is 17.7 Å². The van der Waals surface area contributed by atoms with Crippen molar-refractivity contribution in [3.05, 3.63) is 66.2 Å². The molecule has 3 rings (SSSR count). The maximum Gasteiger partial charge on any atom is 0.307 e. The third-order valence-corrected chi connectivity index (χ3v) is 4.86. The molecule has 0 saturated carbocycles. The first kappa shape index (κ1) is 20.1. The van der Waals surface area contributed by atoms with Gasteiger partial charge in [0.05, 0.1) is 30.2 Å². The topological polar surface area (TPSA) is 105 Å². The Morgan fingerprint density at radius 2 is 1.59 bits per heavy atom. The van der Waals surface area contributed by atoms with Crippen LogP contribution in [0.15, 0.2) is 60.7 Å². The molecule has 0 aliphatic heterocycles. The van der Waals surface area contributed by atoms with Gasteiger partial charge in [-0.2, -0.15) is 0 Å². The zero-order valence-electron chi connectivity index (χ0n) is 15.9. The van der Waals surface area contributed by atoms with E-state index in [-0.39, 0.29) is 11.5 Å². The first-order valence-electron chi connectivity index (χ1n) is 9.22. The maximum absolute atomic E-state index is 12.7. The molecule has 1 aliphatic carbocycles. The van der Waals surface area contributed by atoms with Gasteiger partial charge in [-0.25, -0.2) is 0 Å². The van der Waals surface area contributed by atoms with Crippen molar-refractivity contribution < 1.29 is 24.2 Å². The van der Waals surface area contributed by atoms with Crippen LogP contribution in [0.2, 0.25) is 0 Å². The minimum Gasteiger partial charge on any atom is -0.497 e. The predicted molar refractivity (Wildman–Crippen MR) is 109 cm³/mol. The first-order valence-corrected chi connectivity index (χ1v) is 9.22. The van der Waals surface area contributed by atoms with E-state index in [1.54, 1.807) is 61.7 Å². The monoisotopic (exact) mass is 394 g/mol. The number of carboxylic acid groups (broad SMARTS) is 1. The predicted octanol–water partition coefficient (Wildman–Crippen LogP) is 3.55. The number of benzene rings is 2. The molecule has 1 aliphatic rings. The van der Waals surface area contributed by atoms with Crippen LogP contribution < -0.4 is 15.4 Å². The van der Waals surface area contributed by atoms with E-state index in [0.717, 1.165) is 0 Å². The normalized spacial score (nSPS) is 18.0. The van der Waals surface area contributed by atoms with Gasteiger partial charge in [0.2, 0.25) is 5.91 Å². The highest BCUT2D eigenvalue weighted by Crippen LogP contribution is 2.28. The first-order chi connectivity index (χ1) is 14.0. The van der Waals surface area contributed by atoms with E-state index in [2.05, 4.69) is 10.6 Å². The highest BCUT2D eigenvalue weighted by atomic mass is 16.5. The second-order valence-corrected chi connectivity index (χ2v) is 6.71. The van der Waals surface area contributed by atoms with Crippen molar-refractivity contribution in [2.24, 2.45) is 11.8 Å². The summed E-state index contributed by atoms with van der Waals surface area (Å²) in [6, 6.07) is 13.5. The number of allylic oxidation sites excluding steroid dienone is 2. The Bertz CT molecular complexity index is 936. The van der Waals surface area contributed by atoms with Crippen LogP contribution in [0.3, 0.4) is 0 Å². The Morgan fingerprint density at radius 3 is 2.24 bits per heavy atom. The zero-order chi connectivity index (χ0) is 20.8. The van der Waals surface area contributed by atoms with E-state index < -0.39 is 23.7 Å². The smallest absolute Gasteiger partial charge is 0.307 e. The molecule has 2 atom stereocenters. The lowest BCUT2D eigenvalue weighted by Gasteiger charge is -2.24. The van der Waals surface area contributed by atoms with Crippen LogP contribution in [0.1, 0.15) is 23.2 Å². The lowest BCUT2D eigenvalue weighted by Crippen LogP contribution is -2.35. The number of anilines is 2. The molecule has 0 unspecified atom stereocenters. The van der Waals surface area contributed by atoms with Crippen molar-refractivity contribution in [3.8, 4) is 5.75 Å². The number of carbonyl (C=O) groups is 3. The molecule has 0 aromatic heterocycles. The second-order valence-electron chi connectivity index (χ2n) is 6.71. The molecule has 150 valence electrons. The second kappa shape index (κ2) is 9.05. The van der Waals surface area contributed by atoms with E-state index in [1.165, 1.54) is 0 Å². The van der Waals surface area contributed by atoms with Gasteiger partial charge in [0.1, 0.15) is 5.75 Å². The van der Waals surface area contributed by atoms with Crippen LogP contribution >= 0.6 is 0 Å². The summed E-state index contributed by atoms with van der Waals surface area (Å²) in [4.78, 5) is 36.9. The van der Waals surface area contributed by atoms with Crippen LogP contribution in [0.4, 0.5) is 11.4 Å². The Morgan fingerprint density at radius 1 is 0.931 bits per heavy atom. The maximum atomic E-state index is 12.7. The van der Waals surface area contributed by atoms with Gasteiger partial charge in [0, 0.05) is 5.69 Å². The Kier molecular flexibility index (Phi) is 6.29. The molecule has 2 aromatic carbocycles. The molecule has 7 nitrogen and oxygen atoms in total. The molecular formula is C22H22N2O5. The van der Waals surface area contributed by atoms with Crippen molar-refractivity contribution in [1.29, 1.82) is 0 Å². The summed E-state index contributed by atoms with van der Waals surface area (Å²) in [6.07, 6.45) is 4.25. The summed E-state index contributed by atoms with van der Waals surface area (Å²) in [5, 5.41) is 14.9. The van der Waals surface area contributed by atoms with Gasteiger partial charge in [0.15, 0.2) is 0 Å². The number of carboxylic acids is 1. The molecule has 0 bridgehead atoms. The zero-order valence-corrected chi connectivity index (χ0v) is 15.9. The van der Waals surface area contributed by atoms with Crippen LogP contribution in [0, 0.1) is 11.8 Å². The Labute approximate surface area is 168 Å². The summed E-state index contributed by atoms with van der Waals surface area (Å²) in [5.41, 5.74) is 1.21. The molecule has 29 heavy (non-hydrogen) atoms. The Hall–Kier alpha value is -3.61. The quantitative estimate of drug-likeness (QED) is 0.650. The summed E-state index contributed by atoms with van der Waals surface area (Å²) in [5.74, 6) is -2.59. The summed E-state index contributed by atoms with van der Waals surface area (Å²) >= 11 is 0. The average molecular weight is 394 g/mol. The molecule has 0 heterocycles. The molecule has 2 amide bonds. The van der Waals surface area contributed by atoms with E-state index in [4.69, 9.17) is 4.74 Å². The van der Waals surface area contributed by atoms with Gasteiger partial charge < -0.3 is 20.5 Å². The van der Waals surface area contributed by atoms with Crippen LogP contribution in [-0.2, 0) is 9.59 Å². The molecule has 0 radical (unpaired) electrons. The lowest BCUT2D eigenvalue weighted by molar-refractivity contribution is -0.146. The highest BCUT2D eigenvalue weighted by molar-refractivity contribution is 6.10. The van der Waals surface area contributed by atoms with Gasteiger partial charge >= 0.3 is 5.97 Å². The fraction of sp³-hybridized carbons (Fsp3) is 0.227. The highest BCUT2D eigenvalue weighted by Gasteiger charge is 2.34. The molecule has 0 saturated heterocycles. The fourth-order valence-corrected chi connectivity index (χ4v) is 3.27. The number of amides is 2. The average Bonchev–Trinajstić information content (AvgIpc) is 2.74. The number of carbonyl (C=O) groups excluding carboxylic acids is 2. The van der Waals surface area contributed by atoms with Gasteiger partial charge in [0.25, 0.3) is 5.91 Å².